The summed E-state index contributed by atoms with van der Waals surface area (Å²) in [5.41, 5.74) is 2.63. The van der Waals surface area contributed by atoms with Crippen molar-refractivity contribution in [1.82, 2.24) is 5.43 Å². The summed E-state index contributed by atoms with van der Waals surface area (Å²) in [6.07, 6.45) is -5.36. The van der Waals surface area contributed by atoms with E-state index in [1.165, 1.54) is 6.07 Å². The Labute approximate surface area is 101 Å². The molecule has 0 fully saturated rings. The Morgan fingerprint density at radius 2 is 1.83 bits per heavy atom. The van der Waals surface area contributed by atoms with Crippen molar-refractivity contribution in [2.45, 2.75) is 31.5 Å². The second-order valence-electron chi connectivity index (χ2n) is 3.97. The Morgan fingerprint density at radius 3 is 2.33 bits per heavy atom. The molecular weight excluding hydrogens is 255 g/mol. The number of benzene rings is 1. The molecule has 0 aliphatic rings. The number of nitrogens with one attached hydrogen (secondary N) is 1. The number of hydrogen-bond donors (Lipinski definition) is 2. The van der Waals surface area contributed by atoms with Crippen LogP contribution in [0.15, 0.2) is 18.2 Å². The largest absolute Gasteiger partial charge is 0.389 e. The molecular formula is C11H13F5N2. The molecule has 0 aliphatic heterocycles. The van der Waals surface area contributed by atoms with Gasteiger partial charge in [0.1, 0.15) is 0 Å². The van der Waals surface area contributed by atoms with E-state index in [1.807, 2.05) is 0 Å². The smallest absolute Gasteiger partial charge is 0.271 e. The van der Waals surface area contributed by atoms with Gasteiger partial charge in [-0.3, -0.25) is 11.3 Å². The maximum absolute atomic E-state index is 12.9. The molecule has 0 heterocycles. The van der Waals surface area contributed by atoms with Crippen LogP contribution in [0, 0.1) is 11.6 Å². The maximum atomic E-state index is 12.9. The summed E-state index contributed by atoms with van der Waals surface area (Å²) < 4.78 is 61.7. The van der Waals surface area contributed by atoms with Gasteiger partial charge in [0.05, 0.1) is 0 Å². The number of hydrogen-bond acceptors (Lipinski definition) is 2. The number of rotatable bonds is 5. The van der Waals surface area contributed by atoms with Crippen LogP contribution in [0.1, 0.15) is 18.4 Å². The van der Waals surface area contributed by atoms with Gasteiger partial charge >= 0.3 is 6.18 Å². The van der Waals surface area contributed by atoms with E-state index in [0.717, 1.165) is 12.1 Å². The predicted octanol–water partition coefficient (Wildman–Crippen LogP) is 2.68. The first-order valence-corrected chi connectivity index (χ1v) is 5.28. The highest BCUT2D eigenvalue weighted by atomic mass is 19.4. The van der Waals surface area contributed by atoms with Crippen molar-refractivity contribution in [3.8, 4) is 0 Å². The molecule has 1 aromatic rings. The van der Waals surface area contributed by atoms with Gasteiger partial charge in [-0.1, -0.05) is 6.07 Å². The van der Waals surface area contributed by atoms with Gasteiger partial charge in [-0.25, -0.2) is 8.78 Å². The molecule has 0 saturated carbocycles. The van der Waals surface area contributed by atoms with E-state index in [-0.39, 0.29) is 12.8 Å². The molecule has 7 heteroatoms. The second-order valence-corrected chi connectivity index (χ2v) is 3.97. The van der Waals surface area contributed by atoms with Crippen LogP contribution in [0.2, 0.25) is 0 Å². The number of halogens is 5. The molecule has 0 spiro atoms. The molecule has 1 unspecified atom stereocenters. The minimum atomic E-state index is -4.26. The van der Waals surface area contributed by atoms with Crippen LogP contribution in [0.3, 0.4) is 0 Å². The van der Waals surface area contributed by atoms with E-state index in [0.29, 0.717) is 5.56 Å². The Kier molecular flexibility index (Phi) is 5.03. The fourth-order valence-corrected chi connectivity index (χ4v) is 1.53. The quantitative estimate of drug-likeness (QED) is 0.489. The summed E-state index contributed by atoms with van der Waals surface area (Å²) in [5.74, 6) is 3.11. The molecule has 0 saturated heterocycles. The molecule has 102 valence electrons. The maximum Gasteiger partial charge on any atom is 0.389 e. The zero-order valence-corrected chi connectivity index (χ0v) is 9.40. The molecule has 0 bridgehead atoms. The van der Waals surface area contributed by atoms with Gasteiger partial charge in [-0.2, -0.15) is 13.2 Å². The highest BCUT2D eigenvalue weighted by Crippen LogP contribution is 2.23. The monoisotopic (exact) mass is 268 g/mol. The van der Waals surface area contributed by atoms with Gasteiger partial charge in [0.25, 0.3) is 0 Å². The van der Waals surface area contributed by atoms with E-state index in [9.17, 15) is 22.0 Å². The summed E-state index contributed by atoms with van der Waals surface area (Å²) in [7, 11) is 0. The minimum absolute atomic E-state index is 0.101. The van der Waals surface area contributed by atoms with Crippen molar-refractivity contribution in [2.24, 2.45) is 5.84 Å². The zero-order chi connectivity index (χ0) is 13.8. The Morgan fingerprint density at radius 1 is 1.17 bits per heavy atom. The first-order chi connectivity index (χ1) is 8.31. The lowest BCUT2D eigenvalue weighted by molar-refractivity contribution is -0.136. The van der Waals surface area contributed by atoms with Gasteiger partial charge in [0.15, 0.2) is 11.6 Å². The molecule has 0 radical (unpaired) electrons. The summed E-state index contributed by atoms with van der Waals surface area (Å²) in [6.45, 7) is 0. The molecule has 1 atom stereocenters. The van der Waals surface area contributed by atoms with E-state index in [2.05, 4.69) is 5.43 Å². The fraction of sp³-hybridized carbons (Fsp3) is 0.455. The van der Waals surface area contributed by atoms with Crippen LogP contribution in [0.4, 0.5) is 22.0 Å². The zero-order valence-electron chi connectivity index (χ0n) is 9.40. The van der Waals surface area contributed by atoms with Gasteiger partial charge in [0.2, 0.25) is 0 Å². The standard InChI is InChI=1S/C11H13F5N2/c12-9-2-1-7(6-10(9)13)5-8(18-17)3-4-11(14,15)16/h1-2,6,8,18H,3-5,17H2. The minimum Gasteiger partial charge on any atom is -0.271 e. The molecule has 2 nitrogen and oxygen atoms in total. The Bertz CT molecular complexity index is 392. The van der Waals surface area contributed by atoms with Crippen molar-refractivity contribution in [3.05, 3.63) is 35.4 Å². The number of hydrazine groups is 1. The topological polar surface area (TPSA) is 38.0 Å². The third-order valence-corrected chi connectivity index (χ3v) is 2.48. The number of alkyl halides is 3. The van der Waals surface area contributed by atoms with Crippen molar-refractivity contribution < 1.29 is 22.0 Å². The van der Waals surface area contributed by atoms with Crippen LogP contribution in [0.25, 0.3) is 0 Å². The highest BCUT2D eigenvalue weighted by Gasteiger charge is 2.28. The molecule has 3 N–H and O–H groups in total. The molecule has 18 heavy (non-hydrogen) atoms. The average Bonchev–Trinajstić information content (AvgIpc) is 2.28. The third kappa shape index (κ3) is 4.97. The van der Waals surface area contributed by atoms with Crippen molar-refractivity contribution in [1.29, 1.82) is 0 Å². The molecule has 1 rings (SSSR count). The van der Waals surface area contributed by atoms with Gasteiger partial charge in [-0.15, -0.1) is 0 Å². The predicted molar refractivity (Wildman–Crippen MR) is 56.5 cm³/mol. The molecule has 0 aliphatic carbocycles. The summed E-state index contributed by atoms with van der Waals surface area (Å²) >= 11 is 0. The molecule has 1 aromatic carbocycles. The molecule has 0 amide bonds. The lowest BCUT2D eigenvalue weighted by Gasteiger charge is -2.17. The van der Waals surface area contributed by atoms with Crippen molar-refractivity contribution >= 4 is 0 Å². The SMILES string of the molecule is NNC(CCC(F)(F)F)Cc1ccc(F)c(F)c1. The van der Waals surface area contributed by atoms with Crippen molar-refractivity contribution in [2.75, 3.05) is 0 Å². The van der Waals surface area contributed by atoms with E-state index in [1.54, 1.807) is 0 Å². The van der Waals surface area contributed by atoms with Crippen LogP contribution in [0.5, 0.6) is 0 Å². The van der Waals surface area contributed by atoms with Gasteiger partial charge in [-0.05, 0) is 30.5 Å². The highest BCUT2D eigenvalue weighted by molar-refractivity contribution is 5.18. The van der Waals surface area contributed by atoms with E-state index in [4.69, 9.17) is 5.84 Å². The molecule has 0 aromatic heterocycles. The van der Waals surface area contributed by atoms with E-state index < -0.39 is 30.3 Å². The first-order valence-electron chi connectivity index (χ1n) is 5.28. The van der Waals surface area contributed by atoms with Crippen LogP contribution in [-0.2, 0) is 6.42 Å². The second kappa shape index (κ2) is 6.10. The van der Waals surface area contributed by atoms with Crippen LogP contribution < -0.4 is 11.3 Å². The summed E-state index contributed by atoms with van der Waals surface area (Å²) in [4.78, 5) is 0. The lowest BCUT2D eigenvalue weighted by atomic mass is 10.0. The van der Waals surface area contributed by atoms with Gasteiger partial charge in [0, 0.05) is 12.5 Å². The van der Waals surface area contributed by atoms with Crippen LogP contribution in [-0.4, -0.2) is 12.2 Å². The summed E-state index contributed by atoms with van der Waals surface area (Å²) in [6, 6.07) is 2.56. The van der Waals surface area contributed by atoms with E-state index >= 15 is 0 Å². The third-order valence-electron chi connectivity index (χ3n) is 2.48. The Hall–Kier alpha value is -1.21. The lowest BCUT2D eigenvalue weighted by Crippen LogP contribution is -2.37. The van der Waals surface area contributed by atoms with Crippen molar-refractivity contribution in [3.63, 3.8) is 0 Å². The number of nitrogens with two attached hydrogens (primary N) is 1. The normalized spacial score (nSPS) is 13.7. The average molecular weight is 268 g/mol. The Balaban J connectivity index is 2.59. The van der Waals surface area contributed by atoms with Gasteiger partial charge < -0.3 is 0 Å². The van der Waals surface area contributed by atoms with Crippen LogP contribution >= 0.6 is 0 Å². The first kappa shape index (κ1) is 14.8. The fourth-order valence-electron chi connectivity index (χ4n) is 1.53. The summed E-state index contributed by atoms with van der Waals surface area (Å²) in [5, 5.41) is 0.